The Morgan fingerprint density at radius 2 is 0.824 bits per heavy atom. The Morgan fingerprint density at radius 3 is 1.12 bits per heavy atom. The molecule has 0 aliphatic rings. The van der Waals surface area contributed by atoms with Gasteiger partial charge in [0.2, 0.25) is 0 Å². The second kappa shape index (κ2) is 14.7. The number of hydrogen-bond donors (Lipinski definition) is 0. The zero-order chi connectivity index (χ0) is 24.9. The number of benzene rings is 2. The predicted molar refractivity (Wildman–Crippen MR) is 151 cm³/mol. The lowest BCUT2D eigenvalue weighted by Crippen LogP contribution is -2.43. The molecule has 2 nitrogen and oxygen atoms in total. The van der Waals surface area contributed by atoms with Gasteiger partial charge in [-0.15, -0.1) is 0 Å². The summed E-state index contributed by atoms with van der Waals surface area (Å²) in [7, 11) is 4.84. The third kappa shape index (κ3) is 9.55. The molecule has 0 N–H and O–H groups in total. The number of nitrogens with zero attached hydrogens (tertiary/aromatic N) is 2. The third-order valence-electron chi connectivity index (χ3n) is 8.00. The van der Waals surface area contributed by atoms with Crippen molar-refractivity contribution in [3.63, 3.8) is 0 Å². The van der Waals surface area contributed by atoms with Gasteiger partial charge in [0.05, 0.1) is 40.3 Å². The predicted octanol–water partition coefficient (Wildman–Crippen LogP) is 8.45. The lowest BCUT2D eigenvalue weighted by Gasteiger charge is -2.34. The van der Waals surface area contributed by atoms with Gasteiger partial charge in [0.15, 0.2) is 0 Å². The first-order valence-corrected chi connectivity index (χ1v) is 14.2. The first kappa shape index (κ1) is 28.6. The SMILES string of the molecule is CCCCCC[N+](C)(CC)Cc1ccc(-c2ccc(C[N+](C)(CC)CCCCCC)cc2)cc1. The monoisotopic (exact) mass is 466 g/mol. The van der Waals surface area contributed by atoms with Gasteiger partial charge in [-0.2, -0.15) is 0 Å². The van der Waals surface area contributed by atoms with Crippen LogP contribution < -0.4 is 0 Å². The van der Waals surface area contributed by atoms with Crippen molar-refractivity contribution in [2.24, 2.45) is 0 Å². The van der Waals surface area contributed by atoms with E-state index >= 15 is 0 Å². The number of quaternary nitrogens is 2. The van der Waals surface area contributed by atoms with Crippen molar-refractivity contribution in [3.05, 3.63) is 59.7 Å². The van der Waals surface area contributed by atoms with E-state index in [-0.39, 0.29) is 0 Å². The molecule has 2 unspecified atom stereocenters. The van der Waals surface area contributed by atoms with Gasteiger partial charge in [-0.3, -0.25) is 0 Å². The fraction of sp³-hybridized carbons (Fsp3) is 0.625. The van der Waals surface area contributed by atoms with Crippen LogP contribution in [0.5, 0.6) is 0 Å². The summed E-state index contributed by atoms with van der Waals surface area (Å²) in [4.78, 5) is 0. The van der Waals surface area contributed by atoms with Crippen molar-refractivity contribution < 1.29 is 8.97 Å². The molecule has 0 heterocycles. The Bertz CT molecular complexity index is 725. The largest absolute Gasteiger partial charge is 0.323 e. The molecule has 0 saturated carbocycles. The summed E-state index contributed by atoms with van der Waals surface area (Å²) in [6, 6.07) is 18.7. The van der Waals surface area contributed by atoms with Gasteiger partial charge in [0.25, 0.3) is 0 Å². The zero-order valence-electron chi connectivity index (χ0n) is 23.4. The Morgan fingerprint density at radius 1 is 0.471 bits per heavy atom. The Hall–Kier alpha value is -1.64. The topological polar surface area (TPSA) is 0 Å². The minimum absolute atomic E-state index is 1.13. The Labute approximate surface area is 212 Å². The van der Waals surface area contributed by atoms with E-state index in [1.807, 2.05) is 0 Å². The van der Waals surface area contributed by atoms with E-state index in [2.05, 4.69) is 90.3 Å². The fourth-order valence-electron chi connectivity index (χ4n) is 5.03. The van der Waals surface area contributed by atoms with E-state index in [0.717, 1.165) is 22.1 Å². The van der Waals surface area contributed by atoms with E-state index in [4.69, 9.17) is 0 Å². The standard InChI is InChI=1S/C32H54N2/c1-7-11-13-15-25-33(5,9-3)27-29-17-21-31(22-18-29)32-23-19-30(20-24-32)28-34(6,10-4)26-16-14-12-8-2/h17-24H,7-16,25-28H2,1-6H3/q+2. The van der Waals surface area contributed by atoms with Crippen LogP contribution in [-0.2, 0) is 13.1 Å². The molecule has 0 saturated heterocycles. The molecule has 0 aliphatic carbocycles. The first-order chi connectivity index (χ1) is 16.4. The fourth-order valence-corrected chi connectivity index (χ4v) is 5.03. The molecule has 2 heteroatoms. The third-order valence-corrected chi connectivity index (χ3v) is 8.00. The van der Waals surface area contributed by atoms with E-state index in [1.165, 1.54) is 99.8 Å². The molecule has 0 radical (unpaired) electrons. The average Bonchev–Trinajstić information content (AvgIpc) is 2.86. The molecule has 0 fully saturated rings. The molecule has 34 heavy (non-hydrogen) atoms. The van der Waals surface area contributed by atoms with Gasteiger partial charge in [-0.05, 0) is 50.7 Å². The zero-order valence-corrected chi connectivity index (χ0v) is 23.4. The van der Waals surface area contributed by atoms with Gasteiger partial charge < -0.3 is 8.97 Å². The summed E-state index contributed by atoms with van der Waals surface area (Å²) in [6.07, 6.45) is 10.8. The summed E-state index contributed by atoms with van der Waals surface area (Å²) >= 11 is 0. The summed E-state index contributed by atoms with van der Waals surface area (Å²) in [5.74, 6) is 0. The van der Waals surface area contributed by atoms with E-state index < -0.39 is 0 Å². The molecule has 2 aromatic carbocycles. The quantitative estimate of drug-likeness (QED) is 0.162. The average molecular weight is 467 g/mol. The van der Waals surface area contributed by atoms with Crippen LogP contribution in [0.25, 0.3) is 11.1 Å². The van der Waals surface area contributed by atoms with Crippen molar-refractivity contribution in [2.45, 2.75) is 92.2 Å². The highest BCUT2D eigenvalue weighted by Crippen LogP contribution is 2.23. The van der Waals surface area contributed by atoms with Crippen molar-refractivity contribution in [1.29, 1.82) is 0 Å². The van der Waals surface area contributed by atoms with Crippen molar-refractivity contribution in [1.82, 2.24) is 0 Å². The minimum Gasteiger partial charge on any atom is -0.323 e. The van der Waals surface area contributed by atoms with Crippen LogP contribution >= 0.6 is 0 Å². The van der Waals surface area contributed by atoms with E-state index in [9.17, 15) is 0 Å². The highest BCUT2D eigenvalue weighted by atomic mass is 15.3. The highest BCUT2D eigenvalue weighted by Gasteiger charge is 2.20. The lowest BCUT2D eigenvalue weighted by atomic mass is 10.0. The highest BCUT2D eigenvalue weighted by molar-refractivity contribution is 5.63. The van der Waals surface area contributed by atoms with Gasteiger partial charge in [0, 0.05) is 11.1 Å². The molecule has 0 spiro atoms. The van der Waals surface area contributed by atoms with Crippen LogP contribution in [0.3, 0.4) is 0 Å². The Balaban J connectivity index is 1.96. The van der Waals surface area contributed by atoms with Gasteiger partial charge in [0.1, 0.15) is 13.1 Å². The summed E-state index contributed by atoms with van der Waals surface area (Å²) in [5.41, 5.74) is 5.58. The van der Waals surface area contributed by atoms with Gasteiger partial charge in [-0.25, -0.2) is 0 Å². The molecule has 0 amide bonds. The first-order valence-electron chi connectivity index (χ1n) is 14.2. The smallest absolute Gasteiger partial charge is 0.104 e. The van der Waals surface area contributed by atoms with Gasteiger partial charge in [-0.1, -0.05) is 88.1 Å². The van der Waals surface area contributed by atoms with E-state index in [0.29, 0.717) is 0 Å². The van der Waals surface area contributed by atoms with E-state index in [1.54, 1.807) is 0 Å². The maximum Gasteiger partial charge on any atom is 0.104 e. The molecular weight excluding hydrogens is 412 g/mol. The van der Waals surface area contributed by atoms with Crippen molar-refractivity contribution in [3.8, 4) is 11.1 Å². The normalized spacial score (nSPS) is 15.1. The summed E-state index contributed by atoms with van der Waals surface area (Å²) in [5, 5.41) is 0. The molecule has 190 valence electrons. The van der Waals surface area contributed by atoms with Crippen LogP contribution in [0.1, 0.15) is 90.2 Å². The maximum absolute atomic E-state index is 2.42. The molecular formula is C32H54N2+2. The second-order valence-corrected chi connectivity index (χ2v) is 11.2. The Kier molecular flexibility index (Phi) is 12.4. The maximum atomic E-state index is 2.42. The molecule has 2 rings (SSSR count). The summed E-state index contributed by atoms with van der Waals surface area (Å²) < 4.78 is 2.29. The summed E-state index contributed by atoms with van der Waals surface area (Å²) in [6.45, 7) is 16.5. The second-order valence-electron chi connectivity index (χ2n) is 11.2. The van der Waals surface area contributed by atoms with Crippen LogP contribution in [0, 0.1) is 0 Å². The molecule has 2 atom stereocenters. The van der Waals surface area contributed by atoms with Crippen LogP contribution in [0.4, 0.5) is 0 Å². The van der Waals surface area contributed by atoms with Gasteiger partial charge >= 0.3 is 0 Å². The molecule has 2 aromatic rings. The minimum atomic E-state index is 1.13. The number of rotatable bonds is 17. The number of unbranched alkanes of at least 4 members (excludes halogenated alkanes) is 6. The van der Waals surface area contributed by atoms with Crippen LogP contribution in [0.2, 0.25) is 0 Å². The van der Waals surface area contributed by atoms with Crippen LogP contribution in [-0.4, -0.2) is 49.2 Å². The molecule has 0 bridgehead atoms. The molecule has 0 aliphatic heterocycles. The lowest BCUT2D eigenvalue weighted by molar-refractivity contribution is -0.921. The number of hydrogen-bond acceptors (Lipinski definition) is 0. The van der Waals surface area contributed by atoms with Crippen molar-refractivity contribution >= 4 is 0 Å². The molecule has 0 aromatic heterocycles. The van der Waals surface area contributed by atoms with Crippen molar-refractivity contribution in [2.75, 3.05) is 40.3 Å². The van der Waals surface area contributed by atoms with Crippen LogP contribution in [0.15, 0.2) is 48.5 Å².